The van der Waals surface area contributed by atoms with E-state index in [-0.39, 0.29) is 23.2 Å². The van der Waals surface area contributed by atoms with Crippen LogP contribution in [0.25, 0.3) is 11.1 Å². The molecule has 1 atom stereocenters. The van der Waals surface area contributed by atoms with Crippen LogP contribution in [0, 0.1) is 5.92 Å². The number of phenolic OH excluding ortho intramolecular Hbond substituents is 1. The van der Waals surface area contributed by atoms with Crippen molar-refractivity contribution in [3.05, 3.63) is 101 Å². The second kappa shape index (κ2) is 5.71. The summed E-state index contributed by atoms with van der Waals surface area (Å²) >= 11 is 0. The number of phenols is 1. The lowest BCUT2D eigenvalue weighted by molar-refractivity contribution is 0.415. The van der Waals surface area contributed by atoms with Crippen molar-refractivity contribution in [2.24, 2.45) is 5.92 Å². The second-order valence-corrected chi connectivity index (χ2v) is 6.36. The maximum absolute atomic E-state index is 11.0. The Labute approximate surface area is 146 Å². The summed E-state index contributed by atoms with van der Waals surface area (Å²) in [5.74, 6) is 0.528. The van der Waals surface area contributed by atoms with Crippen LogP contribution in [0.2, 0.25) is 0 Å². The predicted molar refractivity (Wildman–Crippen MR) is 99.0 cm³/mol. The number of fused-ring (bicyclic) bond motifs is 1. The lowest BCUT2D eigenvalue weighted by Gasteiger charge is -2.19. The Morgan fingerprint density at radius 3 is 2.08 bits per heavy atom. The van der Waals surface area contributed by atoms with Crippen molar-refractivity contribution in [1.82, 2.24) is 0 Å². The van der Waals surface area contributed by atoms with E-state index in [0.717, 1.165) is 33.4 Å². The Hall–Kier alpha value is -3.20. The third-order valence-electron chi connectivity index (χ3n) is 4.69. The number of aromatic hydroxyl groups is 1. The number of aliphatic hydroxyl groups is 2. The largest absolute Gasteiger partial charge is 0.508 e. The van der Waals surface area contributed by atoms with E-state index < -0.39 is 0 Å². The lowest BCUT2D eigenvalue weighted by Crippen LogP contribution is -2.06. The molecule has 2 aliphatic rings. The molecule has 0 heterocycles. The molecule has 0 aromatic heterocycles. The van der Waals surface area contributed by atoms with Gasteiger partial charge in [-0.3, -0.25) is 0 Å². The molecule has 2 aliphatic carbocycles. The summed E-state index contributed by atoms with van der Waals surface area (Å²) in [6.07, 6.45) is 3.44. The minimum atomic E-state index is -0.0895. The van der Waals surface area contributed by atoms with Crippen molar-refractivity contribution in [2.75, 3.05) is 0 Å². The van der Waals surface area contributed by atoms with Crippen LogP contribution in [-0.4, -0.2) is 15.3 Å². The fraction of sp³-hybridized carbons (Fsp3) is 0.0909. The molecule has 4 rings (SSSR count). The van der Waals surface area contributed by atoms with Crippen LogP contribution in [0.4, 0.5) is 0 Å². The van der Waals surface area contributed by atoms with Crippen LogP contribution in [0.5, 0.6) is 5.75 Å². The molecule has 1 unspecified atom stereocenters. The SMILES string of the molecule is CC1C=C(O)C=C2C(c3ccccc3)=C(c3ccc(O)cc3)C(O)=C21. The van der Waals surface area contributed by atoms with Gasteiger partial charge >= 0.3 is 0 Å². The van der Waals surface area contributed by atoms with Crippen LogP contribution in [0.15, 0.2) is 89.4 Å². The minimum Gasteiger partial charge on any atom is -0.508 e. The van der Waals surface area contributed by atoms with E-state index in [4.69, 9.17) is 0 Å². The minimum absolute atomic E-state index is 0.0895. The lowest BCUT2D eigenvalue weighted by atomic mass is 9.85. The van der Waals surface area contributed by atoms with Crippen molar-refractivity contribution < 1.29 is 15.3 Å². The number of aliphatic hydroxyl groups excluding tert-OH is 2. The zero-order valence-electron chi connectivity index (χ0n) is 13.8. The summed E-state index contributed by atoms with van der Waals surface area (Å²) in [5.41, 5.74) is 5.08. The summed E-state index contributed by atoms with van der Waals surface area (Å²) in [4.78, 5) is 0. The average Bonchev–Trinajstić information content (AvgIpc) is 2.89. The van der Waals surface area contributed by atoms with E-state index in [1.807, 2.05) is 37.3 Å². The smallest absolute Gasteiger partial charge is 0.128 e. The standard InChI is InChI=1S/C22H18O3/c1-13-11-17(24)12-18-19(13)22(25)21(15-7-9-16(23)10-8-15)20(18)14-5-3-2-4-6-14/h2-13,23-25H,1H3. The molecular formula is C22H18O3. The van der Waals surface area contributed by atoms with Crippen LogP contribution in [0.3, 0.4) is 0 Å². The van der Waals surface area contributed by atoms with E-state index in [9.17, 15) is 15.3 Å². The maximum atomic E-state index is 11.0. The number of rotatable bonds is 2. The molecule has 0 saturated carbocycles. The highest BCUT2D eigenvalue weighted by Gasteiger charge is 2.34. The molecule has 3 N–H and O–H groups in total. The monoisotopic (exact) mass is 330 g/mol. The maximum Gasteiger partial charge on any atom is 0.128 e. The highest BCUT2D eigenvalue weighted by molar-refractivity contribution is 6.10. The Bertz CT molecular complexity index is 958. The van der Waals surface area contributed by atoms with E-state index in [1.54, 1.807) is 36.4 Å². The molecule has 0 spiro atoms. The van der Waals surface area contributed by atoms with Gasteiger partial charge in [0.05, 0.1) is 0 Å². The number of allylic oxidation sites excluding steroid dienone is 6. The van der Waals surface area contributed by atoms with Gasteiger partial charge < -0.3 is 15.3 Å². The molecule has 0 saturated heterocycles. The predicted octanol–water partition coefficient (Wildman–Crippen LogP) is 5.15. The van der Waals surface area contributed by atoms with Gasteiger partial charge in [-0.25, -0.2) is 0 Å². The number of hydrogen-bond acceptors (Lipinski definition) is 3. The first-order chi connectivity index (χ1) is 12.1. The highest BCUT2D eigenvalue weighted by atomic mass is 16.3. The summed E-state index contributed by atoms with van der Waals surface area (Å²) in [5, 5.41) is 30.7. The van der Waals surface area contributed by atoms with Crippen LogP contribution < -0.4 is 0 Å². The van der Waals surface area contributed by atoms with Gasteiger partial charge in [0.15, 0.2) is 0 Å². The molecule has 3 heteroatoms. The van der Waals surface area contributed by atoms with Crippen LogP contribution in [0.1, 0.15) is 18.1 Å². The molecule has 25 heavy (non-hydrogen) atoms. The van der Waals surface area contributed by atoms with E-state index in [2.05, 4.69) is 0 Å². The Morgan fingerprint density at radius 1 is 0.760 bits per heavy atom. The summed E-state index contributed by atoms with van der Waals surface area (Å²) < 4.78 is 0. The Kier molecular flexibility index (Phi) is 3.50. The highest BCUT2D eigenvalue weighted by Crippen LogP contribution is 2.50. The Balaban J connectivity index is 2.02. The van der Waals surface area contributed by atoms with Gasteiger partial charge in [0.25, 0.3) is 0 Å². The molecule has 2 aromatic rings. The molecular weight excluding hydrogens is 312 g/mol. The zero-order valence-corrected chi connectivity index (χ0v) is 13.8. The molecule has 0 fully saturated rings. The van der Waals surface area contributed by atoms with Crippen molar-refractivity contribution in [2.45, 2.75) is 6.92 Å². The number of benzene rings is 2. The molecule has 3 nitrogen and oxygen atoms in total. The van der Waals surface area contributed by atoms with Crippen molar-refractivity contribution >= 4 is 11.1 Å². The van der Waals surface area contributed by atoms with Gasteiger partial charge in [0.2, 0.25) is 0 Å². The van der Waals surface area contributed by atoms with Crippen molar-refractivity contribution in [3.63, 3.8) is 0 Å². The van der Waals surface area contributed by atoms with Gasteiger partial charge in [-0.1, -0.05) is 49.4 Å². The third kappa shape index (κ3) is 2.45. The van der Waals surface area contributed by atoms with Gasteiger partial charge in [0.1, 0.15) is 17.3 Å². The van der Waals surface area contributed by atoms with E-state index in [0.29, 0.717) is 0 Å². The van der Waals surface area contributed by atoms with Crippen LogP contribution in [-0.2, 0) is 0 Å². The fourth-order valence-corrected chi connectivity index (χ4v) is 3.61. The summed E-state index contributed by atoms with van der Waals surface area (Å²) in [6, 6.07) is 16.6. The van der Waals surface area contributed by atoms with Gasteiger partial charge in [-0.2, -0.15) is 0 Å². The van der Waals surface area contributed by atoms with E-state index >= 15 is 0 Å². The first-order valence-electron chi connectivity index (χ1n) is 8.22. The first-order valence-corrected chi connectivity index (χ1v) is 8.22. The number of hydrogen-bond donors (Lipinski definition) is 3. The van der Waals surface area contributed by atoms with Gasteiger partial charge in [0, 0.05) is 22.6 Å². The molecule has 0 amide bonds. The fourth-order valence-electron chi connectivity index (χ4n) is 3.61. The average molecular weight is 330 g/mol. The normalized spacial score (nSPS) is 19.6. The first kappa shape index (κ1) is 15.3. The topological polar surface area (TPSA) is 60.7 Å². The molecule has 2 aromatic carbocycles. The van der Waals surface area contributed by atoms with E-state index in [1.165, 1.54) is 0 Å². The quantitative estimate of drug-likeness (QED) is 0.714. The molecule has 0 radical (unpaired) electrons. The van der Waals surface area contributed by atoms with Crippen molar-refractivity contribution in [1.29, 1.82) is 0 Å². The molecule has 124 valence electrons. The molecule has 0 aliphatic heterocycles. The summed E-state index contributed by atoms with van der Waals surface area (Å²) in [7, 11) is 0. The second-order valence-electron chi connectivity index (χ2n) is 6.36. The Morgan fingerprint density at radius 2 is 1.40 bits per heavy atom. The zero-order chi connectivity index (χ0) is 17.6. The molecule has 0 bridgehead atoms. The van der Waals surface area contributed by atoms with Gasteiger partial charge in [-0.05, 0) is 41.0 Å². The van der Waals surface area contributed by atoms with Crippen LogP contribution >= 0.6 is 0 Å². The van der Waals surface area contributed by atoms with Gasteiger partial charge in [-0.15, -0.1) is 0 Å². The summed E-state index contributed by atoms with van der Waals surface area (Å²) in [6.45, 7) is 1.96. The third-order valence-corrected chi connectivity index (χ3v) is 4.69. The van der Waals surface area contributed by atoms with Crippen molar-refractivity contribution in [3.8, 4) is 5.75 Å².